The average Bonchev–Trinajstić information content (AvgIpc) is 2.76. The number of carbonyl (C=O) groups excluding carboxylic acids is 2. The van der Waals surface area contributed by atoms with Crippen LogP contribution in [0.1, 0.15) is 12.0 Å². The Bertz CT molecular complexity index is 894. The molecule has 0 radical (unpaired) electrons. The number of nitrogens with zero attached hydrogens (tertiary/aromatic N) is 3. The predicted octanol–water partition coefficient (Wildman–Crippen LogP) is 2.36. The molecule has 2 aromatic carbocycles. The van der Waals surface area contributed by atoms with Gasteiger partial charge in [0.1, 0.15) is 5.82 Å². The highest BCUT2D eigenvalue weighted by molar-refractivity contribution is 5.96. The van der Waals surface area contributed by atoms with Gasteiger partial charge in [0.05, 0.1) is 13.1 Å². The molecule has 1 fully saturated rings. The molecule has 6 nitrogen and oxygen atoms in total. The molecule has 0 unspecified atom stereocenters. The molecule has 0 atom stereocenters. The van der Waals surface area contributed by atoms with Crippen LogP contribution in [0, 0.1) is 5.82 Å². The summed E-state index contributed by atoms with van der Waals surface area (Å²) in [6.45, 7) is 4.46. The number of aryl methyl sites for hydroxylation is 1. The van der Waals surface area contributed by atoms with E-state index >= 15 is 0 Å². The third kappa shape index (κ3) is 5.04. The van der Waals surface area contributed by atoms with Crippen molar-refractivity contribution in [2.24, 2.45) is 0 Å². The Morgan fingerprint density at radius 3 is 2.27 bits per heavy atom. The highest BCUT2D eigenvalue weighted by Gasteiger charge is 2.26. The van der Waals surface area contributed by atoms with E-state index in [1.807, 2.05) is 23.1 Å². The van der Waals surface area contributed by atoms with Crippen molar-refractivity contribution in [2.45, 2.75) is 12.8 Å². The number of nitrogens with one attached hydrogen (secondary N) is 1. The highest BCUT2D eigenvalue weighted by atomic mass is 19.1. The van der Waals surface area contributed by atoms with Crippen molar-refractivity contribution in [2.75, 3.05) is 56.0 Å². The van der Waals surface area contributed by atoms with Crippen LogP contribution in [0.2, 0.25) is 0 Å². The summed E-state index contributed by atoms with van der Waals surface area (Å²) in [6, 6.07) is 13.9. The predicted molar refractivity (Wildman–Crippen MR) is 115 cm³/mol. The van der Waals surface area contributed by atoms with Crippen molar-refractivity contribution in [3.63, 3.8) is 0 Å². The molecule has 2 aliphatic rings. The first-order valence-corrected chi connectivity index (χ1v) is 10.5. The molecule has 2 aromatic rings. The van der Waals surface area contributed by atoms with Crippen LogP contribution in [0.25, 0.3) is 0 Å². The fourth-order valence-corrected chi connectivity index (χ4v) is 4.11. The van der Waals surface area contributed by atoms with Gasteiger partial charge in [0, 0.05) is 44.1 Å². The second-order valence-corrected chi connectivity index (χ2v) is 7.89. The van der Waals surface area contributed by atoms with Crippen molar-refractivity contribution in [3.05, 3.63) is 59.9 Å². The van der Waals surface area contributed by atoms with Crippen LogP contribution in [0.5, 0.6) is 0 Å². The molecular weight excluding hydrogens is 383 g/mol. The highest BCUT2D eigenvalue weighted by Crippen LogP contribution is 2.26. The van der Waals surface area contributed by atoms with E-state index in [1.165, 1.54) is 17.7 Å². The molecule has 0 spiro atoms. The fraction of sp³-hybridized carbons (Fsp3) is 0.391. The zero-order valence-corrected chi connectivity index (χ0v) is 17.0. The lowest BCUT2D eigenvalue weighted by molar-refractivity contribution is -0.121. The zero-order valence-electron chi connectivity index (χ0n) is 17.0. The SMILES string of the molecule is O=C(CN1CCN(CC(=O)N2CCCc3ccccc32)CC1)Nc1ccc(F)cc1. The van der Waals surface area contributed by atoms with E-state index in [1.54, 1.807) is 12.1 Å². The number of rotatable bonds is 5. The van der Waals surface area contributed by atoms with Crippen molar-refractivity contribution in [3.8, 4) is 0 Å². The van der Waals surface area contributed by atoms with Crippen LogP contribution in [-0.4, -0.2) is 67.4 Å². The van der Waals surface area contributed by atoms with Gasteiger partial charge < -0.3 is 10.2 Å². The number of hydrogen-bond acceptors (Lipinski definition) is 4. The topological polar surface area (TPSA) is 55.9 Å². The summed E-state index contributed by atoms with van der Waals surface area (Å²) in [6.07, 6.45) is 2.03. The fourth-order valence-electron chi connectivity index (χ4n) is 4.11. The molecule has 2 aliphatic heterocycles. The van der Waals surface area contributed by atoms with Crippen LogP contribution >= 0.6 is 0 Å². The van der Waals surface area contributed by atoms with Crippen molar-refractivity contribution in [1.82, 2.24) is 9.80 Å². The molecule has 2 amide bonds. The maximum Gasteiger partial charge on any atom is 0.241 e. The lowest BCUT2D eigenvalue weighted by atomic mass is 10.0. The maximum absolute atomic E-state index is 13.0. The summed E-state index contributed by atoms with van der Waals surface area (Å²) < 4.78 is 13.0. The molecule has 7 heteroatoms. The summed E-state index contributed by atoms with van der Waals surface area (Å²) in [7, 11) is 0. The molecule has 30 heavy (non-hydrogen) atoms. The Labute approximate surface area is 176 Å². The minimum absolute atomic E-state index is 0.115. The maximum atomic E-state index is 13.0. The summed E-state index contributed by atoms with van der Waals surface area (Å²) in [4.78, 5) is 31.3. The summed E-state index contributed by atoms with van der Waals surface area (Å²) in [5.74, 6) is -0.299. The van der Waals surface area contributed by atoms with E-state index in [4.69, 9.17) is 0 Å². The Morgan fingerprint density at radius 1 is 0.867 bits per heavy atom. The van der Waals surface area contributed by atoms with Gasteiger partial charge in [-0.25, -0.2) is 4.39 Å². The Hall–Kier alpha value is -2.77. The molecular formula is C23H27FN4O2. The van der Waals surface area contributed by atoms with Crippen LogP contribution < -0.4 is 10.2 Å². The quantitative estimate of drug-likeness (QED) is 0.822. The number of benzene rings is 2. The number of anilines is 2. The van der Waals surface area contributed by atoms with Crippen LogP contribution in [0.15, 0.2) is 48.5 Å². The molecule has 1 N–H and O–H groups in total. The number of amides is 2. The first kappa shape index (κ1) is 20.5. The zero-order chi connectivity index (χ0) is 20.9. The van der Waals surface area contributed by atoms with Gasteiger partial charge >= 0.3 is 0 Å². The number of carbonyl (C=O) groups is 2. The van der Waals surface area contributed by atoms with Crippen molar-refractivity contribution in [1.29, 1.82) is 0 Å². The molecule has 158 valence electrons. The summed E-state index contributed by atoms with van der Waals surface area (Å²) in [5, 5.41) is 2.79. The lowest BCUT2D eigenvalue weighted by Crippen LogP contribution is -2.52. The molecule has 0 bridgehead atoms. The minimum Gasteiger partial charge on any atom is -0.325 e. The second-order valence-electron chi connectivity index (χ2n) is 7.89. The van der Waals surface area contributed by atoms with Gasteiger partial charge in [-0.05, 0) is 48.7 Å². The first-order chi connectivity index (χ1) is 14.6. The number of hydrogen-bond donors (Lipinski definition) is 1. The number of halogens is 1. The van der Waals surface area contributed by atoms with Crippen LogP contribution in [-0.2, 0) is 16.0 Å². The van der Waals surface area contributed by atoms with E-state index in [0.717, 1.165) is 51.3 Å². The molecule has 1 saturated heterocycles. The Balaban J connectivity index is 1.23. The van der Waals surface area contributed by atoms with Gasteiger partial charge in [0.25, 0.3) is 0 Å². The first-order valence-electron chi connectivity index (χ1n) is 10.5. The van der Waals surface area contributed by atoms with Gasteiger partial charge in [-0.3, -0.25) is 19.4 Å². The average molecular weight is 410 g/mol. The summed E-state index contributed by atoms with van der Waals surface area (Å²) in [5.41, 5.74) is 2.88. The molecule has 0 aliphatic carbocycles. The third-order valence-corrected chi connectivity index (χ3v) is 5.73. The number of para-hydroxylation sites is 1. The third-order valence-electron chi connectivity index (χ3n) is 5.73. The molecule has 2 heterocycles. The summed E-state index contributed by atoms with van der Waals surface area (Å²) >= 11 is 0. The standard InChI is InChI=1S/C23H27FN4O2/c24-19-7-9-20(10-8-19)25-22(29)16-26-12-14-27(15-13-26)17-23(30)28-11-3-5-18-4-1-2-6-21(18)28/h1-2,4,6-10H,3,5,11-17H2,(H,25,29). The number of piperazine rings is 1. The van der Waals surface area contributed by atoms with Crippen molar-refractivity contribution < 1.29 is 14.0 Å². The van der Waals surface area contributed by atoms with Gasteiger partial charge in [-0.1, -0.05) is 18.2 Å². The Kier molecular flexibility index (Phi) is 6.40. The van der Waals surface area contributed by atoms with Crippen LogP contribution in [0.4, 0.5) is 15.8 Å². The van der Waals surface area contributed by atoms with E-state index in [9.17, 15) is 14.0 Å². The lowest BCUT2D eigenvalue weighted by Gasteiger charge is -2.36. The van der Waals surface area contributed by atoms with E-state index in [2.05, 4.69) is 21.2 Å². The normalized spacial score (nSPS) is 17.4. The Morgan fingerprint density at radius 2 is 1.53 bits per heavy atom. The van der Waals surface area contributed by atoms with Gasteiger partial charge in [-0.15, -0.1) is 0 Å². The van der Waals surface area contributed by atoms with Gasteiger partial charge in [0.15, 0.2) is 0 Å². The second kappa shape index (κ2) is 9.36. The van der Waals surface area contributed by atoms with E-state index in [-0.39, 0.29) is 17.6 Å². The van der Waals surface area contributed by atoms with Crippen LogP contribution in [0.3, 0.4) is 0 Å². The monoisotopic (exact) mass is 410 g/mol. The van der Waals surface area contributed by atoms with Crippen molar-refractivity contribution >= 4 is 23.2 Å². The number of fused-ring (bicyclic) bond motifs is 1. The molecule has 4 rings (SSSR count). The van der Waals surface area contributed by atoms with Gasteiger partial charge in [-0.2, -0.15) is 0 Å². The largest absolute Gasteiger partial charge is 0.325 e. The van der Waals surface area contributed by atoms with E-state index < -0.39 is 0 Å². The van der Waals surface area contributed by atoms with E-state index in [0.29, 0.717) is 18.8 Å². The molecule has 0 aromatic heterocycles. The molecule has 0 saturated carbocycles. The smallest absolute Gasteiger partial charge is 0.241 e. The van der Waals surface area contributed by atoms with Gasteiger partial charge in [0.2, 0.25) is 11.8 Å². The minimum atomic E-state index is -0.327.